The maximum absolute atomic E-state index is 12.5. The Hall–Kier alpha value is -0.950. The minimum atomic E-state index is -3.63. The molecule has 6 heteroatoms. The average Bonchev–Trinajstić information content (AvgIpc) is 2.68. The van der Waals surface area contributed by atoms with Gasteiger partial charge in [0.1, 0.15) is 0 Å². The zero-order chi connectivity index (χ0) is 15.0. The molecule has 1 aliphatic rings. The van der Waals surface area contributed by atoms with E-state index in [1.54, 1.807) is 12.1 Å². The molecule has 0 aliphatic carbocycles. The van der Waals surface area contributed by atoms with Gasteiger partial charge in [0.05, 0.1) is 23.1 Å². The molecule has 1 fully saturated rings. The fourth-order valence-electron chi connectivity index (χ4n) is 2.32. The number of aliphatic hydroxyl groups is 1. The molecule has 5 nitrogen and oxygen atoms in total. The van der Waals surface area contributed by atoms with Crippen LogP contribution < -0.4 is 4.72 Å². The van der Waals surface area contributed by atoms with E-state index in [1.165, 1.54) is 6.07 Å². The zero-order valence-electron chi connectivity index (χ0n) is 12.0. The largest absolute Gasteiger partial charge is 0.392 e. The van der Waals surface area contributed by atoms with Crippen LogP contribution in [0.2, 0.25) is 0 Å². The fourth-order valence-corrected chi connectivity index (χ4v) is 3.86. The first-order valence-electron chi connectivity index (χ1n) is 6.64. The van der Waals surface area contributed by atoms with E-state index in [2.05, 4.69) is 4.72 Å². The molecule has 0 aromatic heterocycles. The van der Waals surface area contributed by atoms with Gasteiger partial charge in [-0.25, -0.2) is 13.1 Å². The summed E-state index contributed by atoms with van der Waals surface area (Å²) in [5.41, 5.74) is 0.896. The predicted molar refractivity (Wildman–Crippen MR) is 75.9 cm³/mol. The second kappa shape index (κ2) is 5.44. The lowest BCUT2D eigenvalue weighted by atomic mass is 9.97. The van der Waals surface area contributed by atoms with Gasteiger partial charge in [-0.1, -0.05) is 6.07 Å². The molecular weight excluding hydrogens is 278 g/mol. The summed E-state index contributed by atoms with van der Waals surface area (Å²) in [5, 5.41) is 9.25. The second-order valence-electron chi connectivity index (χ2n) is 5.53. The van der Waals surface area contributed by atoms with Crippen LogP contribution in [0, 0.1) is 6.92 Å². The Bertz CT molecular complexity index is 599. The van der Waals surface area contributed by atoms with Crippen molar-refractivity contribution in [3.05, 3.63) is 29.3 Å². The molecule has 2 atom stereocenters. The van der Waals surface area contributed by atoms with Gasteiger partial charge in [-0.3, -0.25) is 0 Å². The Morgan fingerprint density at radius 3 is 2.75 bits per heavy atom. The SMILES string of the molecule is Cc1ccc(S(=O)(=O)NC2(C)CCOC2C)cc1CO. The number of hydrogen-bond donors (Lipinski definition) is 2. The third-order valence-corrected chi connectivity index (χ3v) is 5.66. The summed E-state index contributed by atoms with van der Waals surface area (Å²) >= 11 is 0. The van der Waals surface area contributed by atoms with Gasteiger partial charge in [0.15, 0.2) is 0 Å². The Balaban J connectivity index is 2.31. The van der Waals surface area contributed by atoms with E-state index >= 15 is 0 Å². The molecule has 1 aliphatic heterocycles. The predicted octanol–water partition coefficient (Wildman–Crippen LogP) is 1.33. The Labute approximate surface area is 120 Å². The first kappa shape index (κ1) is 15.4. The molecule has 0 amide bonds. The smallest absolute Gasteiger partial charge is 0.241 e. The standard InChI is InChI=1S/C14H21NO4S/c1-10-4-5-13(8-12(10)9-16)20(17,18)15-14(3)6-7-19-11(14)2/h4-5,8,11,15-16H,6-7,9H2,1-3H3. The van der Waals surface area contributed by atoms with Crippen molar-refractivity contribution >= 4 is 10.0 Å². The van der Waals surface area contributed by atoms with Crippen molar-refractivity contribution in [2.24, 2.45) is 0 Å². The molecule has 1 aromatic rings. The maximum Gasteiger partial charge on any atom is 0.241 e. The van der Waals surface area contributed by atoms with Crippen molar-refractivity contribution in [1.29, 1.82) is 0 Å². The van der Waals surface area contributed by atoms with E-state index < -0.39 is 15.6 Å². The van der Waals surface area contributed by atoms with E-state index in [9.17, 15) is 13.5 Å². The van der Waals surface area contributed by atoms with Crippen molar-refractivity contribution in [2.45, 2.75) is 50.3 Å². The lowest BCUT2D eigenvalue weighted by Crippen LogP contribution is -2.50. The molecule has 0 radical (unpaired) electrons. The van der Waals surface area contributed by atoms with E-state index in [4.69, 9.17) is 4.74 Å². The van der Waals surface area contributed by atoms with Crippen LogP contribution in [0.15, 0.2) is 23.1 Å². The topological polar surface area (TPSA) is 75.6 Å². The molecule has 1 aromatic carbocycles. The number of hydrogen-bond acceptors (Lipinski definition) is 4. The van der Waals surface area contributed by atoms with Gasteiger partial charge in [0.2, 0.25) is 10.0 Å². The lowest BCUT2D eigenvalue weighted by Gasteiger charge is -2.28. The highest BCUT2D eigenvalue weighted by molar-refractivity contribution is 7.89. The number of aryl methyl sites for hydroxylation is 1. The van der Waals surface area contributed by atoms with E-state index in [0.717, 1.165) is 5.56 Å². The maximum atomic E-state index is 12.5. The summed E-state index contributed by atoms with van der Waals surface area (Å²) in [4.78, 5) is 0.174. The van der Waals surface area contributed by atoms with Crippen molar-refractivity contribution in [2.75, 3.05) is 6.61 Å². The van der Waals surface area contributed by atoms with Crippen molar-refractivity contribution in [1.82, 2.24) is 4.72 Å². The summed E-state index contributed by atoms with van der Waals surface area (Å²) in [7, 11) is -3.63. The van der Waals surface area contributed by atoms with Crippen LogP contribution in [-0.2, 0) is 21.4 Å². The van der Waals surface area contributed by atoms with Crippen LogP contribution in [0.3, 0.4) is 0 Å². The molecular formula is C14H21NO4S. The molecule has 0 saturated carbocycles. The molecule has 20 heavy (non-hydrogen) atoms. The highest BCUT2D eigenvalue weighted by Gasteiger charge is 2.40. The Kier molecular flexibility index (Phi) is 4.20. The van der Waals surface area contributed by atoms with Crippen LogP contribution in [0.4, 0.5) is 0 Å². The van der Waals surface area contributed by atoms with Crippen LogP contribution in [0.25, 0.3) is 0 Å². The molecule has 0 bridgehead atoms. The summed E-state index contributed by atoms with van der Waals surface area (Å²) in [5.74, 6) is 0. The highest BCUT2D eigenvalue weighted by atomic mass is 32.2. The fraction of sp³-hybridized carbons (Fsp3) is 0.571. The van der Waals surface area contributed by atoms with Gasteiger partial charge in [0.25, 0.3) is 0 Å². The summed E-state index contributed by atoms with van der Waals surface area (Å²) in [6.45, 7) is 5.93. The number of aliphatic hydroxyl groups excluding tert-OH is 1. The van der Waals surface area contributed by atoms with Crippen molar-refractivity contribution in [3.63, 3.8) is 0 Å². The molecule has 1 saturated heterocycles. The highest BCUT2D eigenvalue weighted by Crippen LogP contribution is 2.27. The monoisotopic (exact) mass is 299 g/mol. The Morgan fingerprint density at radius 2 is 2.20 bits per heavy atom. The average molecular weight is 299 g/mol. The van der Waals surface area contributed by atoms with E-state index in [0.29, 0.717) is 18.6 Å². The molecule has 2 unspecified atom stereocenters. The van der Waals surface area contributed by atoms with Gasteiger partial charge in [0, 0.05) is 6.61 Å². The second-order valence-corrected chi connectivity index (χ2v) is 7.21. The Morgan fingerprint density at radius 1 is 1.50 bits per heavy atom. The van der Waals surface area contributed by atoms with Crippen molar-refractivity contribution in [3.8, 4) is 0 Å². The summed E-state index contributed by atoms with van der Waals surface area (Å²) < 4.78 is 33.1. The number of ether oxygens (including phenoxy) is 1. The van der Waals surface area contributed by atoms with Gasteiger partial charge in [-0.15, -0.1) is 0 Å². The van der Waals surface area contributed by atoms with Crippen molar-refractivity contribution < 1.29 is 18.3 Å². The zero-order valence-corrected chi connectivity index (χ0v) is 12.8. The van der Waals surface area contributed by atoms with Gasteiger partial charge < -0.3 is 9.84 Å². The molecule has 2 rings (SSSR count). The van der Waals surface area contributed by atoms with E-state index in [1.807, 2.05) is 20.8 Å². The van der Waals surface area contributed by atoms with E-state index in [-0.39, 0.29) is 17.6 Å². The lowest BCUT2D eigenvalue weighted by molar-refractivity contribution is 0.0957. The first-order valence-corrected chi connectivity index (χ1v) is 8.13. The summed E-state index contributed by atoms with van der Waals surface area (Å²) in [6.07, 6.45) is 0.478. The minimum absolute atomic E-state index is 0.167. The molecule has 112 valence electrons. The van der Waals surface area contributed by atoms with Gasteiger partial charge in [-0.2, -0.15) is 0 Å². The molecule has 2 N–H and O–H groups in total. The molecule has 0 spiro atoms. The number of sulfonamides is 1. The van der Waals surface area contributed by atoms with Crippen LogP contribution >= 0.6 is 0 Å². The first-order chi connectivity index (χ1) is 9.28. The number of rotatable bonds is 4. The number of nitrogens with one attached hydrogen (secondary N) is 1. The minimum Gasteiger partial charge on any atom is -0.392 e. The van der Waals surface area contributed by atoms with Crippen LogP contribution in [-0.4, -0.2) is 31.8 Å². The normalized spacial score (nSPS) is 26.9. The third kappa shape index (κ3) is 2.88. The quantitative estimate of drug-likeness (QED) is 0.879. The molecule has 1 heterocycles. The summed E-state index contributed by atoms with van der Waals surface area (Å²) in [6, 6.07) is 4.78. The van der Waals surface area contributed by atoms with Gasteiger partial charge in [-0.05, 0) is 50.5 Å². The van der Waals surface area contributed by atoms with Crippen LogP contribution in [0.1, 0.15) is 31.4 Å². The number of benzene rings is 1. The van der Waals surface area contributed by atoms with Gasteiger partial charge >= 0.3 is 0 Å². The van der Waals surface area contributed by atoms with Crippen LogP contribution in [0.5, 0.6) is 0 Å². The third-order valence-electron chi connectivity index (χ3n) is 4.06.